The molecule has 1 saturated heterocycles. The first-order chi connectivity index (χ1) is 17.7. The van der Waals surface area contributed by atoms with Crippen molar-refractivity contribution in [3.8, 4) is 11.3 Å². The molecule has 38 heavy (non-hydrogen) atoms. The standard InChI is InChI=1S/C24H21F4N5O4S/c1-38(36,37)10-18(34)29-20-19(14-2-6-16(25)7-3-14)31-33-13-23(30-22(35)21(20)33)11-32(12-23)17-8-4-15(5-9-17)24(26,27)28/h2-9H,10-13H2,1H3,(H,29,34)(H,30,35). The summed E-state index contributed by atoms with van der Waals surface area (Å²) in [7, 11) is -3.66. The van der Waals surface area contributed by atoms with Crippen molar-refractivity contribution in [1.29, 1.82) is 0 Å². The maximum absolute atomic E-state index is 13.5. The highest BCUT2D eigenvalue weighted by atomic mass is 32.2. The summed E-state index contributed by atoms with van der Waals surface area (Å²) in [6.45, 7) is 0.775. The van der Waals surface area contributed by atoms with Gasteiger partial charge in [0.05, 0.1) is 17.6 Å². The number of carbonyl (C=O) groups is 2. The van der Waals surface area contributed by atoms with Gasteiger partial charge >= 0.3 is 6.18 Å². The van der Waals surface area contributed by atoms with E-state index in [9.17, 15) is 35.6 Å². The van der Waals surface area contributed by atoms with Gasteiger partial charge in [-0.1, -0.05) is 0 Å². The van der Waals surface area contributed by atoms with Crippen LogP contribution in [-0.4, -0.2) is 60.6 Å². The monoisotopic (exact) mass is 551 g/mol. The summed E-state index contributed by atoms with van der Waals surface area (Å²) in [6, 6.07) is 9.91. The van der Waals surface area contributed by atoms with E-state index in [4.69, 9.17) is 0 Å². The van der Waals surface area contributed by atoms with Crippen LogP contribution in [0, 0.1) is 5.82 Å². The van der Waals surface area contributed by atoms with Crippen LogP contribution < -0.4 is 15.5 Å². The lowest BCUT2D eigenvalue weighted by molar-refractivity contribution is -0.137. The first kappa shape index (κ1) is 25.7. The second-order valence-electron chi connectivity index (χ2n) is 9.49. The zero-order valence-corrected chi connectivity index (χ0v) is 20.7. The van der Waals surface area contributed by atoms with E-state index < -0.39 is 50.5 Å². The molecule has 0 saturated carbocycles. The number of hydrogen-bond donors (Lipinski definition) is 2. The third-order valence-corrected chi connectivity index (χ3v) is 7.11. The molecule has 14 heteroatoms. The minimum absolute atomic E-state index is 0.00322. The van der Waals surface area contributed by atoms with Crippen LogP contribution in [0.15, 0.2) is 48.5 Å². The first-order valence-corrected chi connectivity index (χ1v) is 13.4. The van der Waals surface area contributed by atoms with E-state index >= 15 is 0 Å². The highest BCUT2D eigenvalue weighted by molar-refractivity contribution is 7.91. The van der Waals surface area contributed by atoms with Gasteiger partial charge in [0.2, 0.25) is 5.91 Å². The Labute approximate surface area is 214 Å². The quantitative estimate of drug-likeness (QED) is 0.472. The normalized spacial score (nSPS) is 16.6. The molecule has 1 spiro atoms. The molecule has 2 N–H and O–H groups in total. The molecule has 5 rings (SSSR count). The van der Waals surface area contributed by atoms with Crippen LogP contribution in [0.3, 0.4) is 0 Å². The molecular weight excluding hydrogens is 530 g/mol. The minimum Gasteiger partial charge on any atom is -0.367 e. The Morgan fingerprint density at radius 1 is 1.08 bits per heavy atom. The van der Waals surface area contributed by atoms with Crippen molar-refractivity contribution in [3.63, 3.8) is 0 Å². The fourth-order valence-corrected chi connectivity index (χ4v) is 5.23. The molecule has 0 aliphatic carbocycles. The average Bonchev–Trinajstić information content (AvgIpc) is 3.14. The molecule has 0 unspecified atom stereocenters. The number of carbonyl (C=O) groups excluding carboxylic acids is 2. The van der Waals surface area contributed by atoms with Gasteiger partial charge in [-0.05, 0) is 48.5 Å². The zero-order valence-electron chi connectivity index (χ0n) is 19.8. The van der Waals surface area contributed by atoms with Crippen LogP contribution in [0.5, 0.6) is 0 Å². The first-order valence-electron chi connectivity index (χ1n) is 11.3. The van der Waals surface area contributed by atoms with Crippen molar-refractivity contribution in [3.05, 3.63) is 65.6 Å². The summed E-state index contributed by atoms with van der Waals surface area (Å²) in [4.78, 5) is 27.5. The lowest BCUT2D eigenvalue weighted by atomic mass is 9.87. The van der Waals surface area contributed by atoms with Gasteiger partial charge in [-0.3, -0.25) is 14.3 Å². The highest BCUT2D eigenvalue weighted by Crippen LogP contribution is 2.38. The largest absolute Gasteiger partial charge is 0.416 e. The maximum atomic E-state index is 13.5. The lowest BCUT2D eigenvalue weighted by Crippen LogP contribution is -2.74. The Morgan fingerprint density at radius 3 is 2.29 bits per heavy atom. The van der Waals surface area contributed by atoms with Gasteiger partial charge in [0, 0.05) is 30.6 Å². The number of rotatable bonds is 5. The molecule has 2 aliphatic heterocycles. The molecule has 2 aliphatic rings. The molecule has 0 atom stereocenters. The van der Waals surface area contributed by atoms with Crippen molar-refractivity contribution in [2.75, 3.05) is 35.3 Å². The molecular formula is C24H21F4N5O4S. The summed E-state index contributed by atoms with van der Waals surface area (Å²) >= 11 is 0. The average molecular weight is 552 g/mol. The SMILES string of the molecule is CS(=O)(=O)CC(=O)Nc1c(-c2ccc(F)cc2)nn2c1C(=O)NC1(CN(c3ccc(C(F)(F)F)cc3)C1)C2. The Hall–Kier alpha value is -3.94. The number of nitrogens with zero attached hydrogens (tertiary/aromatic N) is 3. The molecule has 3 aromatic rings. The zero-order chi connectivity index (χ0) is 27.5. The number of halogens is 4. The fraction of sp³-hybridized carbons (Fsp3) is 0.292. The van der Waals surface area contributed by atoms with E-state index in [1.165, 1.54) is 41.1 Å². The van der Waals surface area contributed by atoms with E-state index in [1.54, 1.807) is 0 Å². The van der Waals surface area contributed by atoms with Gasteiger partial charge in [-0.15, -0.1) is 0 Å². The van der Waals surface area contributed by atoms with Crippen LogP contribution in [0.2, 0.25) is 0 Å². The molecule has 0 bridgehead atoms. The van der Waals surface area contributed by atoms with Gasteiger partial charge in [0.15, 0.2) is 15.5 Å². The van der Waals surface area contributed by atoms with Crippen LogP contribution in [0.4, 0.5) is 28.9 Å². The van der Waals surface area contributed by atoms with Crippen LogP contribution >= 0.6 is 0 Å². The van der Waals surface area contributed by atoms with Crippen LogP contribution in [-0.2, 0) is 27.4 Å². The number of benzene rings is 2. The van der Waals surface area contributed by atoms with Gasteiger partial charge in [-0.25, -0.2) is 12.8 Å². The van der Waals surface area contributed by atoms with Gasteiger partial charge < -0.3 is 15.5 Å². The fourth-order valence-electron chi connectivity index (χ4n) is 4.68. The molecule has 2 amide bonds. The van der Waals surface area contributed by atoms with Crippen molar-refractivity contribution in [1.82, 2.24) is 15.1 Å². The molecule has 1 aromatic heterocycles. The number of fused-ring (bicyclic) bond motifs is 1. The highest BCUT2D eigenvalue weighted by Gasteiger charge is 2.49. The number of aromatic nitrogens is 2. The van der Waals surface area contributed by atoms with Crippen LogP contribution in [0.1, 0.15) is 16.1 Å². The van der Waals surface area contributed by atoms with Gasteiger partial charge in [0.1, 0.15) is 23.0 Å². The smallest absolute Gasteiger partial charge is 0.367 e. The molecule has 200 valence electrons. The van der Waals surface area contributed by atoms with Crippen molar-refractivity contribution in [2.45, 2.75) is 18.3 Å². The van der Waals surface area contributed by atoms with Gasteiger partial charge in [0.25, 0.3) is 5.91 Å². The number of alkyl halides is 3. The number of anilines is 2. The molecule has 1 fully saturated rings. The topological polar surface area (TPSA) is 113 Å². The minimum atomic E-state index is -4.45. The maximum Gasteiger partial charge on any atom is 0.416 e. The molecule has 9 nitrogen and oxygen atoms in total. The van der Waals surface area contributed by atoms with E-state index in [0.29, 0.717) is 24.3 Å². The summed E-state index contributed by atoms with van der Waals surface area (Å²) in [6.07, 6.45) is -3.55. The summed E-state index contributed by atoms with van der Waals surface area (Å²) in [5, 5.41) is 9.87. The number of amides is 2. The Morgan fingerprint density at radius 2 is 1.71 bits per heavy atom. The number of sulfone groups is 1. The van der Waals surface area contributed by atoms with E-state index in [-0.39, 0.29) is 23.6 Å². The Kier molecular flexibility index (Phi) is 5.97. The third kappa shape index (κ3) is 4.95. The second kappa shape index (κ2) is 8.82. The van der Waals surface area contributed by atoms with Crippen molar-refractivity contribution in [2.24, 2.45) is 0 Å². The molecule has 0 radical (unpaired) electrons. The van der Waals surface area contributed by atoms with E-state index in [2.05, 4.69) is 15.7 Å². The number of nitrogens with one attached hydrogen (secondary N) is 2. The Bertz CT molecular complexity index is 1530. The molecule has 3 heterocycles. The van der Waals surface area contributed by atoms with Crippen LogP contribution in [0.25, 0.3) is 11.3 Å². The summed E-state index contributed by atoms with van der Waals surface area (Å²) in [5.74, 6) is -2.75. The van der Waals surface area contributed by atoms with E-state index in [0.717, 1.165) is 18.4 Å². The predicted octanol–water partition coefficient (Wildman–Crippen LogP) is 2.69. The number of hydrogen-bond acceptors (Lipinski definition) is 6. The van der Waals surface area contributed by atoms with Gasteiger partial charge in [-0.2, -0.15) is 18.3 Å². The second-order valence-corrected chi connectivity index (χ2v) is 11.6. The Balaban J connectivity index is 1.43. The van der Waals surface area contributed by atoms with Crippen molar-refractivity contribution >= 4 is 33.0 Å². The summed E-state index contributed by atoms with van der Waals surface area (Å²) in [5.41, 5.74) is -0.418. The predicted molar refractivity (Wildman–Crippen MR) is 130 cm³/mol. The van der Waals surface area contributed by atoms with E-state index in [1.807, 2.05) is 4.90 Å². The molecule has 2 aromatic carbocycles. The lowest BCUT2D eigenvalue weighted by Gasteiger charge is -2.53. The third-order valence-electron chi connectivity index (χ3n) is 6.32. The van der Waals surface area contributed by atoms with Crippen molar-refractivity contribution < 1.29 is 35.6 Å². The summed E-state index contributed by atoms with van der Waals surface area (Å²) < 4.78 is 76.7.